The van der Waals surface area contributed by atoms with Crippen LogP contribution in [0.15, 0.2) is 73.8 Å². The summed E-state index contributed by atoms with van der Waals surface area (Å²) < 4.78 is 34.3. The van der Waals surface area contributed by atoms with E-state index in [2.05, 4.69) is 5.32 Å². The van der Waals surface area contributed by atoms with Gasteiger partial charge in [0.1, 0.15) is 11.2 Å². The third kappa shape index (κ3) is 4.09. The molecule has 8 heteroatoms. The monoisotopic (exact) mass is 463 g/mol. The van der Waals surface area contributed by atoms with E-state index < -0.39 is 21.5 Å². The molecule has 1 aliphatic rings. The molecule has 0 spiro atoms. The highest BCUT2D eigenvalue weighted by Gasteiger charge is 2.23. The quantitative estimate of drug-likeness (QED) is 0.450. The van der Waals surface area contributed by atoms with Gasteiger partial charge in [0.15, 0.2) is 9.84 Å². The van der Waals surface area contributed by atoms with E-state index in [9.17, 15) is 18.0 Å². The minimum atomic E-state index is -3.25. The van der Waals surface area contributed by atoms with Crippen molar-refractivity contribution in [1.82, 2.24) is 5.32 Å². The number of hydrogen-bond donors (Lipinski definition) is 1. The maximum atomic E-state index is 12.6. The molecule has 3 heterocycles. The Balaban J connectivity index is 1.44. The molecule has 7 nitrogen and oxygen atoms in total. The number of carbonyl (C=O) groups is 1. The fraction of sp³-hybridized carbons (Fsp3) is 0.200. The highest BCUT2D eigenvalue weighted by molar-refractivity contribution is 7.94. The summed E-state index contributed by atoms with van der Waals surface area (Å²) in [5.41, 5.74) is 3.69. The van der Waals surface area contributed by atoms with Crippen molar-refractivity contribution in [2.45, 2.75) is 25.8 Å². The predicted molar refractivity (Wildman–Crippen MR) is 126 cm³/mol. The molecule has 1 N–H and O–H groups in total. The Hall–Kier alpha value is -3.65. The van der Waals surface area contributed by atoms with Gasteiger partial charge in [-0.25, -0.2) is 13.2 Å². The zero-order chi connectivity index (χ0) is 23.2. The third-order valence-electron chi connectivity index (χ3n) is 5.94. The normalized spacial score (nSPS) is 17.1. The van der Waals surface area contributed by atoms with Gasteiger partial charge in [0.25, 0.3) is 0 Å². The molecule has 0 saturated carbocycles. The summed E-state index contributed by atoms with van der Waals surface area (Å²) in [5, 5.41) is 5.47. The maximum Gasteiger partial charge on any atom is 0.339 e. The Morgan fingerprint density at radius 3 is 2.64 bits per heavy atom. The molecular formula is C25H21NO6S. The fourth-order valence-electron chi connectivity index (χ4n) is 4.22. The van der Waals surface area contributed by atoms with Gasteiger partial charge in [0, 0.05) is 39.8 Å². The minimum Gasteiger partial charge on any atom is -0.464 e. The lowest BCUT2D eigenvalue weighted by Crippen LogP contribution is -2.35. The van der Waals surface area contributed by atoms with Crippen LogP contribution in [0.25, 0.3) is 33.1 Å². The average molecular weight is 464 g/mol. The van der Waals surface area contributed by atoms with Crippen LogP contribution in [0.1, 0.15) is 17.5 Å². The van der Waals surface area contributed by atoms with Gasteiger partial charge in [-0.15, -0.1) is 0 Å². The van der Waals surface area contributed by atoms with E-state index in [4.69, 9.17) is 8.83 Å². The van der Waals surface area contributed by atoms with Gasteiger partial charge < -0.3 is 14.2 Å². The summed E-state index contributed by atoms with van der Waals surface area (Å²) in [6.07, 6.45) is 3.39. The first-order valence-corrected chi connectivity index (χ1v) is 12.3. The van der Waals surface area contributed by atoms with E-state index in [0.717, 1.165) is 32.9 Å². The van der Waals surface area contributed by atoms with Crippen molar-refractivity contribution in [2.75, 3.05) is 5.75 Å². The summed E-state index contributed by atoms with van der Waals surface area (Å²) in [4.78, 5) is 25.0. The lowest BCUT2D eigenvalue weighted by Gasteiger charge is -2.11. The second kappa shape index (κ2) is 8.04. The first-order chi connectivity index (χ1) is 15.8. The van der Waals surface area contributed by atoms with E-state index in [-0.39, 0.29) is 24.5 Å². The van der Waals surface area contributed by atoms with Crippen LogP contribution >= 0.6 is 0 Å². The second-order valence-corrected chi connectivity index (χ2v) is 10.1. The second-order valence-electron chi connectivity index (χ2n) is 8.19. The van der Waals surface area contributed by atoms with Gasteiger partial charge >= 0.3 is 5.63 Å². The molecule has 2 aromatic carbocycles. The van der Waals surface area contributed by atoms with Crippen molar-refractivity contribution in [3.05, 3.63) is 81.8 Å². The number of nitrogens with one attached hydrogen (secondary N) is 1. The Morgan fingerprint density at radius 1 is 1.12 bits per heavy atom. The first-order valence-electron chi connectivity index (χ1n) is 10.5. The molecule has 2 aromatic heterocycles. The van der Waals surface area contributed by atoms with E-state index in [0.29, 0.717) is 16.7 Å². The molecule has 0 aliphatic carbocycles. The summed E-state index contributed by atoms with van der Waals surface area (Å²) in [6, 6.07) is 13.0. The van der Waals surface area contributed by atoms with Crippen LogP contribution < -0.4 is 10.9 Å². The number of amides is 1. The standard InChI is InChI=1S/C25H21NO6S/c1-15-18(7-8-24(27)26-17-9-10-33(29,30)14-17)25(28)32-23-12-22-20(11-19(15)23)21(13-31-22)16-5-3-2-4-6-16/h2-6,9-13,17H,7-8,14H2,1H3,(H,26,27). The van der Waals surface area contributed by atoms with Crippen molar-refractivity contribution < 1.29 is 22.0 Å². The van der Waals surface area contributed by atoms with Crippen LogP contribution in [0, 0.1) is 6.92 Å². The zero-order valence-corrected chi connectivity index (χ0v) is 18.6. The predicted octanol–water partition coefficient (Wildman–Crippen LogP) is 3.87. The summed E-state index contributed by atoms with van der Waals surface area (Å²) >= 11 is 0. The van der Waals surface area contributed by atoms with Crippen LogP contribution in [-0.2, 0) is 21.1 Å². The molecule has 1 aliphatic heterocycles. The largest absolute Gasteiger partial charge is 0.464 e. The molecule has 0 fully saturated rings. The number of aryl methyl sites for hydroxylation is 1. The number of carbonyl (C=O) groups excluding carboxylic acids is 1. The number of rotatable bonds is 5. The molecule has 1 atom stereocenters. The van der Waals surface area contributed by atoms with E-state index in [1.807, 2.05) is 43.3 Å². The lowest BCUT2D eigenvalue weighted by atomic mass is 9.99. The topological polar surface area (TPSA) is 107 Å². The van der Waals surface area contributed by atoms with Crippen molar-refractivity contribution >= 4 is 37.7 Å². The number of sulfone groups is 1. The van der Waals surface area contributed by atoms with Crippen molar-refractivity contribution in [3.63, 3.8) is 0 Å². The molecule has 1 amide bonds. The Bertz CT molecular complexity index is 1580. The van der Waals surface area contributed by atoms with Crippen LogP contribution in [0.4, 0.5) is 0 Å². The summed E-state index contributed by atoms with van der Waals surface area (Å²) in [6.45, 7) is 1.84. The summed E-state index contributed by atoms with van der Waals surface area (Å²) in [7, 11) is -3.25. The zero-order valence-electron chi connectivity index (χ0n) is 17.8. The lowest BCUT2D eigenvalue weighted by molar-refractivity contribution is -0.121. The number of furan rings is 1. The van der Waals surface area contributed by atoms with Gasteiger partial charge in [-0.3, -0.25) is 4.79 Å². The molecular weight excluding hydrogens is 442 g/mol. The van der Waals surface area contributed by atoms with Gasteiger partial charge in [-0.2, -0.15) is 0 Å². The molecule has 33 heavy (non-hydrogen) atoms. The Labute approximate surface area is 189 Å². The van der Waals surface area contributed by atoms with Gasteiger partial charge in [0.05, 0.1) is 18.1 Å². The number of benzene rings is 2. The minimum absolute atomic E-state index is 0.0463. The molecule has 168 valence electrons. The fourth-order valence-corrected chi connectivity index (χ4v) is 5.46. The van der Waals surface area contributed by atoms with Crippen molar-refractivity contribution in [2.24, 2.45) is 0 Å². The first kappa shape index (κ1) is 21.2. The highest BCUT2D eigenvalue weighted by atomic mass is 32.2. The van der Waals surface area contributed by atoms with Crippen molar-refractivity contribution in [1.29, 1.82) is 0 Å². The third-order valence-corrected chi connectivity index (χ3v) is 7.34. The highest BCUT2D eigenvalue weighted by Crippen LogP contribution is 2.34. The number of hydrogen-bond acceptors (Lipinski definition) is 6. The Kier molecular flexibility index (Phi) is 5.17. The van der Waals surface area contributed by atoms with Gasteiger partial charge in [0.2, 0.25) is 5.91 Å². The molecule has 1 unspecified atom stereocenters. The average Bonchev–Trinajstić information content (AvgIpc) is 3.35. The molecule has 0 saturated heterocycles. The van der Waals surface area contributed by atoms with Gasteiger partial charge in [-0.05, 0) is 36.6 Å². The van der Waals surface area contributed by atoms with E-state index >= 15 is 0 Å². The van der Waals surface area contributed by atoms with Crippen molar-refractivity contribution in [3.8, 4) is 11.1 Å². The molecule has 5 rings (SSSR count). The van der Waals surface area contributed by atoms with Crippen LogP contribution in [0.2, 0.25) is 0 Å². The van der Waals surface area contributed by atoms with Crippen LogP contribution in [0.5, 0.6) is 0 Å². The summed E-state index contributed by atoms with van der Waals surface area (Å²) in [5.74, 6) is -0.461. The molecule has 0 bridgehead atoms. The smallest absolute Gasteiger partial charge is 0.339 e. The number of fused-ring (bicyclic) bond motifs is 2. The SMILES string of the molecule is Cc1c(CCC(=O)NC2C=CS(=O)(=O)C2)c(=O)oc2cc3occ(-c4ccccc4)c3cc12. The van der Waals surface area contributed by atoms with Crippen LogP contribution in [-0.4, -0.2) is 26.1 Å². The Morgan fingerprint density at radius 2 is 1.91 bits per heavy atom. The maximum absolute atomic E-state index is 12.6. The van der Waals surface area contributed by atoms with E-state index in [1.54, 1.807) is 12.3 Å². The van der Waals surface area contributed by atoms with Crippen LogP contribution in [0.3, 0.4) is 0 Å². The molecule has 4 aromatic rings. The molecule has 0 radical (unpaired) electrons. The van der Waals surface area contributed by atoms with E-state index in [1.165, 1.54) is 6.08 Å². The van der Waals surface area contributed by atoms with Gasteiger partial charge in [-0.1, -0.05) is 30.3 Å².